The van der Waals surface area contributed by atoms with Gasteiger partial charge in [0.1, 0.15) is 11.0 Å². The summed E-state index contributed by atoms with van der Waals surface area (Å²) in [5.74, 6) is -2.49. The third-order valence-corrected chi connectivity index (χ3v) is 16.8. The summed E-state index contributed by atoms with van der Waals surface area (Å²) in [6, 6.07) is 27.9. The van der Waals surface area contributed by atoms with Gasteiger partial charge in [0.05, 0.1) is 13.2 Å². The number of hydrogen-bond donors (Lipinski definition) is 1. The first-order chi connectivity index (χ1) is 24.0. The van der Waals surface area contributed by atoms with Crippen LogP contribution in [-0.4, -0.2) is 72.8 Å². The molecule has 4 heterocycles. The molecular weight excluding hydrogens is 663 g/mol. The van der Waals surface area contributed by atoms with E-state index in [1.54, 1.807) is 11.3 Å². The van der Waals surface area contributed by atoms with Crippen molar-refractivity contribution in [3.05, 3.63) is 112 Å². The number of rotatable bonds is 12. The van der Waals surface area contributed by atoms with E-state index in [0.717, 1.165) is 52.6 Å². The Morgan fingerprint density at radius 2 is 1.58 bits per heavy atom. The zero-order valence-corrected chi connectivity index (χ0v) is 31.8. The first-order valence-corrected chi connectivity index (χ1v) is 20.9. The SMILES string of the molecule is CCCN1CC(Cc2cnc([C@@H]3c4[nH]c5ccccc5c4C[C@@H](C)N3CC(F)(F)CO[Si](c3ccccc3)(c3ccccc3)C(C)(C)C)s2)C1. The van der Waals surface area contributed by atoms with Crippen LogP contribution >= 0.6 is 11.3 Å². The highest BCUT2D eigenvalue weighted by atomic mass is 32.1. The van der Waals surface area contributed by atoms with Crippen LogP contribution < -0.4 is 10.4 Å². The van der Waals surface area contributed by atoms with Gasteiger partial charge >= 0.3 is 0 Å². The number of halogens is 2. The first kappa shape index (κ1) is 35.2. The van der Waals surface area contributed by atoms with Crippen molar-refractivity contribution in [3.8, 4) is 0 Å². The van der Waals surface area contributed by atoms with Crippen LogP contribution in [0.5, 0.6) is 0 Å². The Morgan fingerprint density at radius 1 is 0.940 bits per heavy atom. The average Bonchev–Trinajstić information content (AvgIpc) is 3.69. The number of nitrogens with one attached hydrogen (secondary N) is 1. The monoisotopic (exact) mass is 712 g/mol. The summed E-state index contributed by atoms with van der Waals surface area (Å²) in [5, 5.41) is 3.66. The third kappa shape index (κ3) is 6.75. The number of para-hydroxylation sites is 1. The van der Waals surface area contributed by atoms with E-state index in [1.165, 1.54) is 22.2 Å². The van der Waals surface area contributed by atoms with Crippen molar-refractivity contribution in [3.63, 3.8) is 0 Å². The van der Waals surface area contributed by atoms with Crippen LogP contribution in [0, 0.1) is 5.92 Å². The molecule has 0 saturated carbocycles. The van der Waals surface area contributed by atoms with Crippen LogP contribution in [0.15, 0.2) is 91.1 Å². The minimum atomic E-state index is -3.14. The van der Waals surface area contributed by atoms with Gasteiger partial charge in [-0.1, -0.05) is 107 Å². The molecule has 264 valence electrons. The second kappa shape index (κ2) is 14.1. The van der Waals surface area contributed by atoms with Crippen molar-refractivity contribution in [1.29, 1.82) is 0 Å². The molecule has 2 aliphatic rings. The molecule has 7 rings (SSSR count). The molecular formula is C41H50F2N4OSSi. The molecule has 2 aromatic heterocycles. The van der Waals surface area contributed by atoms with Gasteiger partial charge in [-0.2, -0.15) is 0 Å². The lowest BCUT2D eigenvalue weighted by Crippen LogP contribution is -2.67. The molecule has 0 bridgehead atoms. The highest BCUT2D eigenvalue weighted by Crippen LogP contribution is 2.44. The third-order valence-electron chi connectivity index (χ3n) is 10.7. The number of nitrogens with zero attached hydrogens (tertiary/aromatic N) is 3. The fourth-order valence-corrected chi connectivity index (χ4v) is 14.2. The van der Waals surface area contributed by atoms with E-state index in [0.29, 0.717) is 12.3 Å². The Morgan fingerprint density at radius 3 is 2.22 bits per heavy atom. The molecule has 50 heavy (non-hydrogen) atoms. The summed E-state index contributed by atoms with van der Waals surface area (Å²) < 4.78 is 40.3. The topological polar surface area (TPSA) is 44.4 Å². The predicted octanol–water partition coefficient (Wildman–Crippen LogP) is 8.06. The maximum Gasteiger partial charge on any atom is 0.282 e. The standard InChI is InChI=1S/C41H50F2N4OSSi/c1-6-21-46-25-30(26-46)23-31-24-44-39(49-31)38-37-35(34-19-13-14-20-36(34)45-37)22-29(2)47(38)27-41(42,43)28-48-50(40(3,4)5,32-15-9-7-10-16-32)33-17-11-8-12-18-33/h7-20,24,29-30,38,45H,6,21-23,25-28H2,1-5H3/t29-,38+/m1/s1. The highest BCUT2D eigenvalue weighted by molar-refractivity contribution is 7.11. The largest absolute Gasteiger partial charge is 0.401 e. The highest BCUT2D eigenvalue weighted by Gasteiger charge is 2.52. The fourth-order valence-electron chi connectivity index (χ4n) is 8.44. The van der Waals surface area contributed by atoms with Gasteiger partial charge < -0.3 is 14.3 Å². The van der Waals surface area contributed by atoms with E-state index >= 15 is 8.78 Å². The molecule has 5 aromatic rings. The molecule has 5 nitrogen and oxygen atoms in total. The summed E-state index contributed by atoms with van der Waals surface area (Å²) in [6.45, 7) is 13.0. The summed E-state index contributed by atoms with van der Waals surface area (Å²) >= 11 is 1.69. The number of hydrogen-bond acceptors (Lipinski definition) is 5. The molecule has 0 radical (unpaired) electrons. The number of alkyl halides is 2. The van der Waals surface area contributed by atoms with Gasteiger partial charge in [0, 0.05) is 46.8 Å². The predicted molar refractivity (Wildman–Crippen MR) is 205 cm³/mol. The number of thiazole rings is 1. The van der Waals surface area contributed by atoms with Crippen LogP contribution in [-0.2, 0) is 17.3 Å². The second-order valence-corrected chi connectivity index (χ2v) is 20.9. The molecule has 0 spiro atoms. The minimum Gasteiger partial charge on any atom is -0.401 e. The Bertz CT molecular complexity index is 1840. The van der Waals surface area contributed by atoms with Crippen molar-refractivity contribution in [2.75, 3.05) is 32.8 Å². The number of likely N-dealkylation sites (tertiary alicyclic amines) is 1. The van der Waals surface area contributed by atoms with Crippen molar-refractivity contribution < 1.29 is 13.2 Å². The number of benzene rings is 3. The van der Waals surface area contributed by atoms with Gasteiger partial charge in [-0.3, -0.25) is 4.90 Å². The van der Waals surface area contributed by atoms with Gasteiger partial charge in [-0.15, -0.1) is 11.3 Å². The maximum absolute atomic E-state index is 16.8. The van der Waals surface area contributed by atoms with Crippen molar-refractivity contribution in [2.24, 2.45) is 5.92 Å². The van der Waals surface area contributed by atoms with Gasteiger partial charge in [-0.05, 0) is 65.7 Å². The van der Waals surface area contributed by atoms with Crippen LogP contribution in [0.4, 0.5) is 8.78 Å². The van der Waals surface area contributed by atoms with Crippen molar-refractivity contribution in [2.45, 2.75) is 76.9 Å². The number of aromatic nitrogens is 2. The van der Waals surface area contributed by atoms with E-state index in [1.807, 2.05) is 77.8 Å². The van der Waals surface area contributed by atoms with E-state index in [9.17, 15) is 0 Å². The molecule has 1 N–H and O–H groups in total. The van der Waals surface area contributed by atoms with Crippen molar-refractivity contribution >= 4 is 40.9 Å². The second-order valence-electron chi connectivity index (χ2n) is 15.5. The molecule has 0 aliphatic carbocycles. The van der Waals surface area contributed by atoms with Gasteiger partial charge in [0.25, 0.3) is 14.2 Å². The van der Waals surface area contributed by atoms with E-state index in [2.05, 4.69) is 62.7 Å². The number of fused-ring (bicyclic) bond motifs is 3. The molecule has 1 saturated heterocycles. The lowest BCUT2D eigenvalue weighted by Gasteiger charge is -2.45. The molecule has 0 amide bonds. The average molecular weight is 713 g/mol. The molecule has 1 fully saturated rings. The Hall–Kier alpha value is -3.21. The summed E-state index contributed by atoms with van der Waals surface area (Å²) in [5.41, 5.74) is 3.25. The van der Waals surface area contributed by atoms with Gasteiger partial charge in [0.2, 0.25) is 0 Å². The van der Waals surface area contributed by atoms with E-state index in [-0.39, 0.29) is 6.04 Å². The number of H-pyrrole nitrogens is 1. The molecule has 3 aromatic carbocycles. The first-order valence-electron chi connectivity index (χ1n) is 18.1. The fraction of sp³-hybridized carbons (Fsp3) is 0.439. The molecule has 2 aliphatic heterocycles. The normalized spacial score (nSPS) is 19.5. The molecule has 9 heteroatoms. The summed E-state index contributed by atoms with van der Waals surface area (Å²) in [7, 11) is -3.14. The molecule has 2 atom stereocenters. The smallest absolute Gasteiger partial charge is 0.282 e. The van der Waals surface area contributed by atoms with Crippen LogP contribution in [0.2, 0.25) is 5.04 Å². The van der Waals surface area contributed by atoms with E-state index < -0.39 is 38.5 Å². The van der Waals surface area contributed by atoms with Gasteiger partial charge in [0.15, 0.2) is 0 Å². The van der Waals surface area contributed by atoms with Crippen LogP contribution in [0.1, 0.15) is 68.2 Å². The number of aromatic amines is 1. The maximum atomic E-state index is 16.8. The summed E-state index contributed by atoms with van der Waals surface area (Å²) in [6.07, 6.45) is 4.84. The molecule has 0 unspecified atom stereocenters. The lowest BCUT2D eigenvalue weighted by atomic mass is 9.92. The summed E-state index contributed by atoms with van der Waals surface area (Å²) in [4.78, 5) is 14.3. The lowest BCUT2D eigenvalue weighted by molar-refractivity contribution is -0.0820. The van der Waals surface area contributed by atoms with Crippen LogP contribution in [0.25, 0.3) is 10.9 Å². The quantitative estimate of drug-likeness (QED) is 0.133. The van der Waals surface area contributed by atoms with Gasteiger partial charge in [-0.25, -0.2) is 13.8 Å². The zero-order chi connectivity index (χ0) is 35.1. The Labute approximate surface area is 300 Å². The Balaban J connectivity index is 1.20. The Kier molecular flexibility index (Phi) is 9.91. The van der Waals surface area contributed by atoms with Crippen LogP contribution in [0.3, 0.4) is 0 Å². The van der Waals surface area contributed by atoms with E-state index in [4.69, 9.17) is 9.41 Å². The van der Waals surface area contributed by atoms with Crippen molar-refractivity contribution in [1.82, 2.24) is 19.8 Å². The zero-order valence-electron chi connectivity index (χ0n) is 30.0. The minimum absolute atomic E-state index is 0.118.